The predicted molar refractivity (Wildman–Crippen MR) is 100.0 cm³/mol. The van der Waals surface area contributed by atoms with E-state index in [1.54, 1.807) is 17.8 Å². The highest BCUT2D eigenvalue weighted by Gasteiger charge is 2.21. The lowest BCUT2D eigenvalue weighted by atomic mass is 10.2. The Morgan fingerprint density at radius 3 is 2.80 bits per heavy atom. The first kappa shape index (κ1) is 16.2. The van der Waals surface area contributed by atoms with Gasteiger partial charge in [-0.2, -0.15) is 0 Å². The number of carbonyl (C=O) groups is 1. The van der Waals surface area contributed by atoms with Gasteiger partial charge in [-0.3, -0.25) is 0 Å². The highest BCUT2D eigenvalue weighted by atomic mass is 79.9. The van der Waals surface area contributed by atoms with Crippen LogP contribution < -0.4 is 0 Å². The summed E-state index contributed by atoms with van der Waals surface area (Å²) in [5.41, 5.74) is 2.43. The first-order chi connectivity index (χ1) is 12.1. The third-order valence-electron chi connectivity index (χ3n) is 3.83. The molecule has 0 radical (unpaired) electrons. The van der Waals surface area contributed by atoms with Crippen molar-refractivity contribution in [2.24, 2.45) is 0 Å². The molecule has 3 aromatic heterocycles. The van der Waals surface area contributed by atoms with Crippen LogP contribution in [-0.2, 0) is 4.74 Å². The molecule has 4 rings (SSSR count). The summed E-state index contributed by atoms with van der Waals surface area (Å²) in [4.78, 5) is 22.5. The number of halogens is 1. The van der Waals surface area contributed by atoms with E-state index in [1.807, 2.05) is 31.2 Å². The molecule has 0 aliphatic heterocycles. The molecule has 0 spiro atoms. The van der Waals surface area contributed by atoms with Gasteiger partial charge in [-0.25, -0.2) is 19.3 Å². The van der Waals surface area contributed by atoms with Crippen LogP contribution in [0.25, 0.3) is 27.3 Å². The summed E-state index contributed by atoms with van der Waals surface area (Å²) in [5.74, 6) is 0.291. The number of benzene rings is 1. The third-order valence-corrected chi connectivity index (χ3v) is 5.54. The fourth-order valence-electron chi connectivity index (χ4n) is 2.65. The summed E-state index contributed by atoms with van der Waals surface area (Å²) >= 11 is 4.75. The van der Waals surface area contributed by atoms with Crippen LogP contribution in [0.5, 0.6) is 0 Å². The topological polar surface area (TPSA) is 69.4 Å². The number of aryl methyl sites for hydroxylation is 1. The number of aromatic nitrogens is 4. The van der Waals surface area contributed by atoms with Gasteiger partial charge in [0.05, 0.1) is 12.0 Å². The van der Waals surface area contributed by atoms with E-state index in [0.717, 1.165) is 25.8 Å². The van der Waals surface area contributed by atoms with Crippen molar-refractivity contribution in [1.29, 1.82) is 0 Å². The Hall–Kier alpha value is -2.32. The zero-order valence-electron chi connectivity index (χ0n) is 13.5. The summed E-state index contributed by atoms with van der Waals surface area (Å²) in [5, 5.41) is 5.35. The molecule has 0 fully saturated rings. The molecule has 0 unspecified atom stereocenters. The van der Waals surface area contributed by atoms with Crippen LogP contribution in [0.4, 0.5) is 0 Å². The molecule has 0 amide bonds. The lowest BCUT2D eigenvalue weighted by Gasteiger charge is -1.99. The molecule has 0 saturated heterocycles. The van der Waals surface area contributed by atoms with Crippen LogP contribution in [0.3, 0.4) is 0 Å². The number of ether oxygens (including phenoxy) is 1. The molecule has 1 aromatic carbocycles. The van der Waals surface area contributed by atoms with E-state index in [1.165, 1.54) is 11.3 Å². The smallest absolute Gasteiger partial charge is 0.348 e. The quantitative estimate of drug-likeness (QED) is 0.466. The Balaban J connectivity index is 1.91. The third kappa shape index (κ3) is 2.71. The Morgan fingerprint density at radius 2 is 2.08 bits per heavy atom. The van der Waals surface area contributed by atoms with Crippen molar-refractivity contribution >= 4 is 49.1 Å². The van der Waals surface area contributed by atoms with E-state index < -0.39 is 0 Å². The second-order valence-electron chi connectivity index (χ2n) is 5.41. The molecule has 4 aromatic rings. The number of hydrogen-bond acceptors (Lipinski definition) is 6. The van der Waals surface area contributed by atoms with Gasteiger partial charge in [-0.1, -0.05) is 28.1 Å². The predicted octanol–water partition coefficient (Wildman–Crippen LogP) is 4.25. The number of thiophene rings is 1. The van der Waals surface area contributed by atoms with Crippen molar-refractivity contribution in [2.75, 3.05) is 6.61 Å². The molecule has 8 heteroatoms. The van der Waals surface area contributed by atoms with Gasteiger partial charge in [0.1, 0.15) is 16.0 Å². The number of nitrogens with zero attached hydrogens (tertiary/aromatic N) is 4. The zero-order chi connectivity index (χ0) is 17.6. The lowest BCUT2D eigenvalue weighted by molar-refractivity contribution is 0.0531. The summed E-state index contributed by atoms with van der Waals surface area (Å²) in [7, 11) is 0. The monoisotopic (exact) mass is 416 g/mol. The van der Waals surface area contributed by atoms with Crippen LogP contribution in [0.15, 0.2) is 35.1 Å². The second-order valence-corrected chi connectivity index (χ2v) is 7.33. The van der Waals surface area contributed by atoms with E-state index in [-0.39, 0.29) is 5.97 Å². The zero-order valence-corrected chi connectivity index (χ0v) is 15.9. The average Bonchev–Trinajstić information content (AvgIpc) is 3.17. The molecule has 0 bridgehead atoms. The molecular weight excluding hydrogens is 404 g/mol. The maximum atomic E-state index is 12.1. The van der Waals surface area contributed by atoms with E-state index >= 15 is 0 Å². The first-order valence-corrected chi connectivity index (χ1v) is 9.27. The molecule has 0 aliphatic rings. The lowest BCUT2D eigenvalue weighted by Crippen LogP contribution is -2.03. The SMILES string of the molecule is CCOC(=O)c1sc2ncn3nc(-c4ccc(Br)cc4)nc3c2c1C. The van der Waals surface area contributed by atoms with Gasteiger partial charge in [0, 0.05) is 10.0 Å². The van der Waals surface area contributed by atoms with Crippen molar-refractivity contribution in [2.45, 2.75) is 13.8 Å². The highest BCUT2D eigenvalue weighted by Crippen LogP contribution is 2.33. The van der Waals surface area contributed by atoms with Gasteiger partial charge in [-0.15, -0.1) is 16.4 Å². The van der Waals surface area contributed by atoms with Gasteiger partial charge in [0.25, 0.3) is 0 Å². The maximum Gasteiger partial charge on any atom is 0.348 e. The normalized spacial score (nSPS) is 11.3. The summed E-state index contributed by atoms with van der Waals surface area (Å²) in [6.07, 6.45) is 1.62. The van der Waals surface area contributed by atoms with Crippen molar-refractivity contribution in [3.63, 3.8) is 0 Å². The molecular formula is C17H13BrN4O2S. The maximum absolute atomic E-state index is 12.1. The fraction of sp³-hybridized carbons (Fsp3) is 0.176. The van der Waals surface area contributed by atoms with Crippen molar-refractivity contribution < 1.29 is 9.53 Å². The van der Waals surface area contributed by atoms with E-state index in [2.05, 4.69) is 31.0 Å². The van der Waals surface area contributed by atoms with E-state index in [4.69, 9.17) is 4.74 Å². The molecule has 0 atom stereocenters. The molecule has 25 heavy (non-hydrogen) atoms. The number of esters is 1. The second kappa shape index (κ2) is 6.20. The Labute approximate surface area is 155 Å². The Kier molecular flexibility index (Phi) is 4.01. The minimum absolute atomic E-state index is 0.325. The summed E-state index contributed by atoms with van der Waals surface area (Å²) in [6, 6.07) is 7.80. The molecule has 6 nitrogen and oxygen atoms in total. The van der Waals surface area contributed by atoms with Gasteiger partial charge < -0.3 is 4.74 Å². The fourth-order valence-corrected chi connectivity index (χ4v) is 3.95. The van der Waals surface area contributed by atoms with Crippen molar-refractivity contribution in [3.05, 3.63) is 45.5 Å². The Bertz CT molecular complexity index is 1100. The summed E-state index contributed by atoms with van der Waals surface area (Å²) < 4.78 is 7.78. The standard InChI is InChI=1S/C17H13BrN4O2S/c1-3-24-17(23)13-9(2)12-15-20-14(10-4-6-11(18)7-5-10)21-22(15)8-19-16(12)25-13/h4-8H,3H2,1-2H3. The molecule has 126 valence electrons. The van der Waals surface area contributed by atoms with Crippen LogP contribution in [0.2, 0.25) is 0 Å². The van der Waals surface area contributed by atoms with Crippen LogP contribution in [0, 0.1) is 6.92 Å². The molecule has 3 heterocycles. The number of fused-ring (bicyclic) bond motifs is 3. The van der Waals surface area contributed by atoms with Crippen molar-refractivity contribution in [3.8, 4) is 11.4 Å². The first-order valence-electron chi connectivity index (χ1n) is 7.66. The molecule has 0 aliphatic carbocycles. The van der Waals surface area contributed by atoms with E-state index in [9.17, 15) is 4.79 Å². The van der Waals surface area contributed by atoms with E-state index in [0.29, 0.717) is 23.0 Å². The van der Waals surface area contributed by atoms with Gasteiger partial charge in [0.15, 0.2) is 11.5 Å². The average molecular weight is 417 g/mol. The minimum atomic E-state index is -0.325. The molecule has 0 saturated carbocycles. The van der Waals surface area contributed by atoms with Gasteiger partial charge in [0.2, 0.25) is 0 Å². The van der Waals surface area contributed by atoms with Crippen LogP contribution in [0.1, 0.15) is 22.2 Å². The highest BCUT2D eigenvalue weighted by molar-refractivity contribution is 9.10. The largest absolute Gasteiger partial charge is 0.462 e. The number of hydrogen-bond donors (Lipinski definition) is 0. The number of carbonyl (C=O) groups excluding carboxylic acids is 1. The van der Waals surface area contributed by atoms with Gasteiger partial charge in [-0.05, 0) is 31.5 Å². The van der Waals surface area contributed by atoms with Crippen LogP contribution in [-0.4, -0.2) is 32.2 Å². The summed E-state index contributed by atoms with van der Waals surface area (Å²) in [6.45, 7) is 4.02. The van der Waals surface area contributed by atoms with Crippen LogP contribution >= 0.6 is 27.3 Å². The number of rotatable bonds is 3. The Morgan fingerprint density at radius 1 is 1.32 bits per heavy atom. The van der Waals surface area contributed by atoms with Gasteiger partial charge >= 0.3 is 5.97 Å². The molecule has 0 N–H and O–H groups in total. The van der Waals surface area contributed by atoms with Crippen molar-refractivity contribution in [1.82, 2.24) is 19.6 Å². The minimum Gasteiger partial charge on any atom is -0.462 e.